The molecule has 0 saturated carbocycles. The summed E-state index contributed by atoms with van der Waals surface area (Å²) in [4.78, 5) is 14.3. The lowest BCUT2D eigenvalue weighted by Crippen LogP contribution is -2.37. The van der Waals surface area contributed by atoms with Gasteiger partial charge < -0.3 is 10.2 Å². The van der Waals surface area contributed by atoms with Gasteiger partial charge in [0.1, 0.15) is 0 Å². The molecule has 0 bridgehead atoms. The molecule has 0 aromatic heterocycles. The maximum Gasteiger partial charge on any atom is 0.253 e. The average Bonchev–Trinajstić information content (AvgIpc) is 2.86. The van der Waals surface area contributed by atoms with Crippen molar-refractivity contribution >= 4 is 23.4 Å². The number of carbonyl (C=O) groups excluding carboxylic acids is 1. The van der Waals surface area contributed by atoms with Crippen LogP contribution in [0.1, 0.15) is 15.9 Å². The van der Waals surface area contributed by atoms with Crippen molar-refractivity contribution in [3.05, 3.63) is 29.3 Å². The predicted octanol–water partition coefficient (Wildman–Crippen LogP) is 1.84. The molecule has 0 atom stereocenters. The zero-order valence-electron chi connectivity index (χ0n) is 9.74. The summed E-state index contributed by atoms with van der Waals surface area (Å²) in [6, 6.07) is 6.04. The zero-order valence-corrected chi connectivity index (χ0v) is 10.6. The van der Waals surface area contributed by atoms with Gasteiger partial charge in [0.2, 0.25) is 0 Å². The van der Waals surface area contributed by atoms with Crippen LogP contribution in [0.15, 0.2) is 18.2 Å². The number of benzene rings is 1. The molecule has 1 aromatic carbocycles. The van der Waals surface area contributed by atoms with E-state index < -0.39 is 0 Å². The molecule has 2 aliphatic heterocycles. The van der Waals surface area contributed by atoms with Crippen molar-refractivity contribution in [3.8, 4) is 0 Å². The normalized spacial score (nSPS) is 18.7. The van der Waals surface area contributed by atoms with E-state index in [2.05, 4.69) is 11.4 Å². The van der Waals surface area contributed by atoms with E-state index in [1.165, 1.54) is 11.3 Å². The molecule has 2 aliphatic rings. The number of rotatable bonds is 1. The van der Waals surface area contributed by atoms with Crippen LogP contribution in [0.3, 0.4) is 0 Å². The van der Waals surface area contributed by atoms with E-state index in [0.717, 1.165) is 43.1 Å². The van der Waals surface area contributed by atoms with Gasteiger partial charge in [0.15, 0.2) is 0 Å². The highest BCUT2D eigenvalue weighted by Gasteiger charge is 2.20. The van der Waals surface area contributed by atoms with Gasteiger partial charge in [0, 0.05) is 42.4 Å². The van der Waals surface area contributed by atoms with Crippen LogP contribution >= 0.6 is 11.8 Å². The lowest BCUT2D eigenvalue weighted by molar-refractivity contribution is 0.0772. The van der Waals surface area contributed by atoms with Crippen molar-refractivity contribution in [2.45, 2.75) is 6.42 Å². The third-order valence-corrected chi connectivity index (χ3v) is 4.30. The quantitative estimate of drug-likeness (QED) is 0.823. The maximum atomic E-state index is 12.3. The van der Waals surface area contributed by atoms with Gasteiger partial charge in [-0.2, -0.15) is 11.8 Å². The number of nitrogens with zero attached hydrogens (tertiary/aromatic N) is 1. The molecule has 1 aromatic rings. The van der Waals surface area contributed by atoms with Crippen LogP contribution < -0.4 is 5.32 Å². The standard InChI is InChI=1S/C13H16N2OS/c16-13(15-5-7-17-8-6-15)11-1-2-12-10(9-11)3-4-14-12/h1-2,9,14H,3-8H2. The highest BCUT2D eigenvalue weighted by atomic mass is 32.2. The average molecular weight is 248 g/mol. The van der Waals surface area contributed by atoms with Crippen LogP contribution in [-0.4, -0.2) is 41.9 Å². The molecule has 17 heavy (non-hydrogen) atoms. The molecule has 1 N–H and O–H groups in total. The Labute approximate surface area is 106 Å². The van der Waals surface area contributed by atoms with E-state index in [1.54, 1.807) is 0 Å². The molecule has 1 saturated heterocycles. The van der Waals surface area contributed by atoms with Crippen LogP contribution in [0.5, 0.6) is 0 Å². The van der Waals surface area contributed by atoms with Crippen molar-refractivity contribution < 1.29 is 4.79 Å². The van der Waals surface area contributed by atoms with Crippen LogP contribution in [0.4, 0.5) is 5.69 Å². The minimum atomic E-state index is 0.194. The van der Waals surface area contributed by atoms with Crippen LogP contribution in [-0.2, 0) is 6.42 Å². The molecule has 0 spiro atoms. The largest absolute Gasteiger partial charge is 0.384 e. The molecule has 0 unspecified atom stereocenters. The fourth-order valence-electron chi connectivity index (χ4n) is 2.39. The van der Waals surface area contributed by atoms with E-state index in [1.807, 2.05) is 28.8 Å². The predicted molar refractivity (Wildman–Crippen MR) is 71.9 cm³/mol. The van der Waals surface area contributed by atoms with E-state index in [0.29, 0.717) is 0 Å². The molecular weight excluding hydrogens is 232 g/mol. The molecular formula is C13H16N2OS. The maximum absolute atomic E-state index is 12.3. The lowest BCUT2D eigenvalue weighted by atomic mass is 10.1. The summed E-state index contributed by atoms with van der Waals surface area (Å²) in [5, 5.41) is 3.32. The van der Waals surface area contributed by atoms with Crippen molar-refractivity contribution in [2.24, 2.45) is 0 Å². The lowest BCUT2D eigenvalue weighted by Gasteiger charge is -2.26. The number of thioether (sulfide) groups is 1. The highest BCUT2D eigenvalue weighted by Crippen LogP contribution is 2.24. The minimum Gasteiger partial charge on any atom is -0.384 e. The van der Waals surface area contributed by atoms with Crippen LogP contribution in [0.25, 0.3) is 0 Å². The highest BCUT2D eigenvalue weighted by molar-refractivity contribution is 7.99. The van der Waals surface area contributed by atoms with Crippen LogP contribution in [0, 0.1) is 0 Å². The molecule has 1 fully saturated rings. The Morgan fingerprint density at radius 2 is 2.12 bits per heavy atom. The second-order valence-corrected chi connectivity index (χ2v) is 5.68. The number of anilines is 1. The van der Waals surface area contributed by atoms with Gasteiger partial charge in [-0.3, -0.25) is 4.79 Å². The Balaban J connectivity index is 1.81. The smallest absolute Gasteiger partial charge is 0.253 e. The molecule has 3 nitrogen and oxygen atoms in total. The van der Waals surface area contributed by atoms with Gasteiger partial charge >= 0.3 is 0 Å². The third-order valence-electron chi connectivity index (χ3n) is 3.36. The topological polar surface area (TPSA) is 32.3 Å². The molecule has 1 amide bonds. The van der Waals surface area contributed by atoms with Gasteiger partial charge in [-0.05, 0) is 30.2 Å². The Morgan fingerprint density at radius 3 is 2.94 bits per heavy atom. The summed E-state index contributed by atoms with van der Waals surface area (Å²) >= 11 is 1.93. The Hall–Kier alpha value is -1.16. The summed E-state index contributed by atoms with van der Waals surface area (Å²) in [7, 11) is 0. The Morgan fingerprint density at radius 1 is 1.29 bits per heavy atom. The summed E-state index contributed by atoms with van der Waals surface area (Å²) in [6.45, 7) is 2.77. The number of amides is 1. The van der Waals surface area contributed by atoms with Crippen molar-refractivity contribution in [2.75, 3.05) is 36.5 Å². The van der Waals surface area contributed by atoms with Gasteiger partial charge in [-0.15, -0.1) is 0 Å². The molecule has 3 rings (SSSR count). The minimum absolute atomic E-state index is 0.194. The molecule has 90 valence electrons. The van der Waals surface area contributed by atoms with Crippen molar-refractivity contribution in [1.82, 2.24) is 4.90 Å². The Kier molecular flexibility index (Phi) is 2.97. The van der Waals surface area contributed by atoms with Gasteiger partial charge in [0.25, 0.3) is 5.91 Å². The summed E-state index contributed by atoms with van der Waals surface area (Å²) in [5.41, 5.74) is 3.32. The second-order valence-electron chi connectivity index (χ2n) is 4.45. The molecule has 2 heterocycles. The van der Waals surface area contributed by atoms with Gasteiger partial charge in [-0.25, -0.2) is 0 Å². The SMILES string of the molecule is O=C(c1ccc2c(c1)CCN2)N1CCSCC1. The van der Waals surface area contributed by atoms with E-state index in [9.17, 15) is 4.79 Å². The first-order valence-electron chi connectivity index (χ1n) is 6.08. The van der Waals surface area contributed by atoms with E-state index >= 15 is 0 Å². The Bertz CT molecular complexity index is 441. The van der Waals surface area contributed by atoms with Crippen molar-refractivity contribution in [1.29, 1.82) is 0 Å². The van der Waals surface area contributed by atoms with Gasteiger partial charge in [-0.1, -0.05) is 0 Å². The molecule has 0 aliphatic carbocycles. The zero-order chi connectivity index (χ0) is 11.7. The fraction of sp³-hybridized carbons (Fsp3) is 0.462. The van der Waals surface area contributed by atoms with E-state index in [-0.39, 0.29) is 5.91 Å². The summed E-state index contributed by atoms with van der Waals surface area (Å²) in [6.07, 6.45) is 1.03. The summed E-state index contributed by atoms with van der Waals surface area (Å²) in [5.74, 6) is 2.33. The fourth-order valence-corrected chi connectivity index (χ4v) is 3.29. The number of fused-ring (bicyclic) bond motifs is 1. The number of hydrogen-bond acceptors (Lipinski definition) is 3. The van der Waals surface area contributed by atoms with Crippen molar-refractivity contribution in [3.63, 3.8) is 0 Å². The first kappa shape index (κ1) is 11.0. The number of carbonyl (C=O) groups is 1. The first-order valence-corrected chi connectivity index (χ1v) is 7.24. The molecule has 4 heteroatoms. The first-order chi connectivity index (χ1) is 8.34. The summed E-state index contributed by atoms with van der Waals surface area (Å²) < 4.78 is 0. The van der Waals surface area contributed by atoms with Crippen LogP contribution in [0.2, 0.25) is 0 Å². The second kappa shape index (κ2) is 4.61. The number of hydrogen-bond donors (Lipinski definition) is 1. The number of nitrogens with one attached hydrogen (secondary N) is 1. The van der Waals surface area contributed by atoms with E-state index in [4.69, 9.17) is 0 Å². The van der Waals surface area contributed by atoms with Gasteiger partial charge in [0.05, 0.1) is 0 Å². The monoisotopic (exact) mass is 248 g/mol. The third kappa shape index (κ3) is 2.14. The molecule has 0 radical (unpaired) electrons.